The Hall–Kier alpha value is -3.26. The van der Waals surface area contributed by atoms with Gasteiger partial charge in [0, 0.05) is 11.3 Å². The summed E-state index contributed by atoms with van der Waals surface area (Å²) in [7, 11) is 0. The molecule has 8 heteroatoms. The zero-order valence-electron chi connectivity index (χ0n) is 14.9. The van der Waals surface area contributed by atoms with E-state index < -0.39 is 5.76 Å². The molecular formula is C20H16FN3O3S. The highest BCUT2D eigenvalue weighted by molar-refractivity contribution is 7.15. The lowest BCUT2D eigenvalue weighted by molar-refractivity contribution is -0.116. The molecule has 2 aromatic heterocycles. The van der Waals surface area contributed by atoms with Gasteiger partial charge in [0.1, 0.15) is 12.4 Å². The lowest BCUT2D eigenvalue weighted by atomic mass is 10.1. The fraction of sp³-hybridized carbons (Fsp3) is 0.150. The van der Waals surface area contributed by atoms with Gasteiger partial charge in [0.15, 0.2) is 10.7 Å². The number of carbonyl (C=O) groups is 1. The largest absolute Gasteiger partial charge is 0.420 e. The molecule has 0 radical (unpaired) electrons. The number of benzene rings is 2. The average molecular weight is 397 g/mol. The fourth-order valence-electron chi connectivity index (χ4n) is 2.93. The van der Waals surface area contributed by atoms with E-state index in [1.165, 1.54) is 22.0 Å². The van der Waals surface area contributed by atoms with E-state index in [1.807, 2.05) is 6.92 Å². The molecule has 1 N–H and O–H groups in total. The molecule has 4 aromatic rings. The number of carbonyl (C=O) groups excluding carboxylic acids is 1. The number of nitrogens with one attached hydrogen (secondary N) is 1. The van der Waals surface area contributed by atoms with Crippen LogP contribution in [-0.4, -0.2) is 15.5 Å². The van der Waals surface area contributed by atoms with Crippen LogP contribution in [0.2, 0.25) is 0 Å². The highest BCUT2D eigenvalue weighted by Gasteiger charge is 2.15. The predicted octanol–water partition coefficient (Wildman–Crippen LogP) is 3.73. The quantitative estimate of drug-likeness (QED) is 0.557. The summed E-state index contributed by atoms with van der Waals surface area (Å²) in [5.74, 6) is -1.25. The molecular weight excluding hydrogens is 381 g/mol. The summed E-state index contributed by atoms with van der Waals surface area (Å²) < 4.78 is 20.3. The smallest absolute Gasteiger partial charge is 0.408 e. The topological polar surface area (TPSA) is 77.1 Å². The first kappa shape index (κ1) is 18.1. The van der Waals surface area contributed by atoms with Crippen LogP contribution in [0.15, 0.2) is 57.7 Å². The molecule has 0 spiro atoms. The Labute approximate surface area is 163 Å². The van der Waals surface area contributed by atoms with Gasteiger partial charge in [-0.2, -0.15) is 0 Å². The van der Waals surface area contributed by atoms with Gasteiger partial charge in [0.05, 0.1) is 11.2 Å². The molecule has 0 bridgehead atoms. The van der Waals surface area contributed by atoms with E-state index in [0.717, 1.165) is 10.6 Å². The van der Waals surface area contributed by atoms with Crippen LogP contribution in [0.5, 0.6) is 0 Å². The molecule has 0 unspecified atom stereocenters. The second kappa shape index (κ2) is 7.40. The molecule has 0 aliphatic carbocycles. The molecule has 142 valence electrons. The number of thiazole rings is 1. The second-order valence-corrected chi connectivity index (χ2v) is 7.35. The minimum Gasteiger partial charge on any atom is -0.408 e. The normalized spacial score (nSPS) is 11.1. The maximum absolute atomic E-state index is 13.9. The number of fused-ring (bicyclic) bond motifs is 1. The summed E-state index contributed by atoms with van der Waals surface area (Å²) >= 11 is 1.29. The van der Waals surface area contributed by atoms with Crippen molar-refractivity contribution in [3.8, 4) is 0 Å². The third-order valence-electron chi connectivity index (χ3n) is 4.32. The van der Waals surface area contributed by atoms with Gasteiger partial charge in [-0.05, 0) is 30.7 Å². The van der Waals surface area contributed by atoms with Gasteiger partial charge in [-0.15, -0.1) is 11.3 Å². The number of nitrogens with zero attached hydrogens (tertiary/aromatic N) is 2. The minimum atomic E-state index is -0.591. The van der Waals surface area contributed by atoms with Crippen molar-refractivity contribution in [3.05, 3.63) is 81.0 Å². The van der Waals surface area contributed by atoms with Crippen LogP contribution in [0.25, 0.3) is 11.1 Å². The van der Waals surface area contributed by atoms with Crippen molar-refractivity contribution in [2.24, 2.45) is 0 Å². The van der Waals surface area contributed by atoms with Crippen molar-refractivity contribution >= 4 is 33.5 Å². The fourth-order valence-corrected chi connectivity index (χ4v) is 3.93. The number of amides is 1. The molecule has 0 atom stereocenters. The highest BCUT2D eigenvalue weighted by atomic mass is 32.1. The van der Waals surface area contributed by atoms with Crippen LogP contribution in [0.3, 0.4) is 0 Å². The molecule has 4 rings (SSSR count). The number of para-hydroxylation sites is 2. The number of oxazole rings is 1. The third kappa shape index (κ3) is 3.59. The summed E-state index contributed by atoms with van der Waals surface area (Å²) in [6, 6.07) is 13.5. The van der Waals surface area contributed by atoms with Crippen LogP contribution < -0.4 is 11.1 Å². The zero-order valence-corrected chi connectivity index (χ0v) is 15.8. The van der Waals surface area contributed by atoms with Crippen molar-refractivity contribution < 1.29 is 13.6 Å². The van der Waals surface area contributed by atoms with Crippen molar-refractivity contribution in [2.45, 2.75) is 19.9 Å². The van der Waals surface area contributed by atoms with Crippen LogP contribution in [0.4, 0.5) is 9.52 Å². The third-order valence-corrected chi connectivity index (χ3v) is 5.40. The Kier molecular flexibility index (Phi) is 4.79. The Bertz CT molecular complexity index is 1220. The van der Waals surface area contributed by atoms with E-state index in [9.17, 15) is 14.0 Å². The van der Waals surface area contributed by atoms with Crippen molar-refractivity contribution in [2.75, 3.05) is 5.32 Å². The first-order chi connectivity index (χ1) is 13.5. The Morgan fingerprint density at radius 1 is 1.21 bits per heavy atom. The summed E-state index contributed by atoms with van der Waals surface area (Å²) in [6.45, 7) is 1.63. The Morgan fingerprint density at radius 2 is 1.96 bits per heavy atom. The molecule has 0 saturated heterocycles. The molecule has 6 nitrogen and oxygen atoms in total. The lowest BCUT2D eigenvalue weighted by Gasteiger charge is -2.02. The molecule has 0 aliphatic rings. The Morgan fingerprint density at radius 3 is 2.79 bits per heavy atom. The van der Waals surface area contributed by atoms with E-state index in [0.29, 0.717) is 28.2 Å². The van der Waals surface area contributed by atoms with Gasteiger partial charge in [0.2, 0.25) is 5.91 Å². The van der Waals surface area contributed by atoms with E-state index in [1.54, 1.807) is 42.5 Å². The van der Waals surface area contributed by atoms with Crippen molar-refractivity contribution in [1.82, 2.24) is 9.55 Å². The first-order valence-electron chi connectivity index (χ1n) is 8.59. The highest BCUT2D eigenvalue weighted by Crippen LogP contribution is 2.26. The second-order valence-electron chi connectivity index (χ2n) is 6.27. The van der Waals surface area contributed by atoms with Crippen molar-refractivity contribution in [1.29, 1.82) is 0 Å². The number of anilines is 1. The molecule has 2 aromatic carbocycles. The van der Waals surface area contributed by atoms with Gasteiger partial charge < -0.3 is 9.73 Å². The first-order valence-corrected chi connectivity index (χ1v) is 9.41. The average Bonchev–Trinajstić information content (AvgIpc) is 3.16. The Balaban J connectivity index is 1.50. The minimum absolute atomic E-state index is 0.183. The van der Waals surface area contributed by atoms with E-state index >= 15 is 0 Å². The van der Waals surface area contributed by atoms with Gasteiger partial charge in [0.25, 0.3) is 0 Å². The maximum atomic E-state index is 13.9. The van der Waals surface area contributed by atoms with Crippen LogP contribution in [0.1, 0.15) is 16.1 Å². The molecule has 28 heavy (non-hydrogen) atoms. The zero-order chi connectivity index (χ0) is 19.7. The number of hydrogen-bond acceptors (Lipinski definition) is 5. The SMILES string of the molecule is Cc1nc(NC(=O)Cn2c(=O)oc3ccccc32)sc1Cc1ccccc1F. The van der Waals surface area contributed by atoms with Crippen molar-refractivity contribution in [3.63, 3.8) is 0 Å². The monoisotopic (exact) mass is 397 g/mol. The molecule has 0 saturated carbocycles. The van der Waals surface area contributed by atoms with E-state index in [4.69, 9.17) is 4.42 Å². The van der Waals surface area contributed by atoms with Crippen LogP contribution in [0, 0.1) is 12.7 Å². The van der Waals surface area contributed by atoms with Gasteiger partial charge >= 0.3 is 5.76 Å². The summed E-state index contributed by atoms with van der Waals surface area (Å²) in [6.07, 6.45) is 0.401. The number of hydrogen-bond donors (Lipinski definition) is 1. The summed E-state index contributed by atoms with van der Waals surface area (Å²) in [4.78, 5) is 29.6. The molecule has 2 heterocycles. The van der Waals surface area contributed by atoms with Gasteiger partial charge in [-0.3, -0.25) is 9.36 Å². The molecule has 0 aliphatic heterocycles. The number of aryl methyl sites for hydroxylation is 1. The predicted molar refractivity (Wildman–Crippen MR) is 105 cm³/mol. The number of aromatic nitrogens is 2. The van der Waals surface area contributed by atoms with Gasteiger partial charge in [-0.25, -0.2) is 14.2 Å². The van der Waals surface area contributed by atoms with E-state index in [2.05, 4.69) is 10.3 Å². The number of halogens is 1. The van der Waals surface area contributed by atoms with Gasteiger partial charge in [-0.1, -0.05) is 30.3 Å². The van der Waals surface area contributed by atoms with E-state index in [-0.39, 0.29) is 18.3 Å². The summed E-state index contributed by atoms with van der Waals surface area (Å²) in [5.41, 5.74) is 2.29. The molecule has 0 fully saturated rings. The van der Waals surface area contributed by atoms with Crippen LogP contribution >= 0.6 is 11.3 Å². The number of rotatable bonds is 5. The molecule has 1 amide bonds. The summed E-state index contributed by atoms with van der Waals surface area (Å²) in [5, 5.41) is 3.12. The lowest BCUT2D eigenvalue weighted by Crippen LogP contribution is -2.24. The maximum Gasteiger partial charge on any atom is 0.420 e. The van der Waals surface area contributed by atoms with Crippen LogP contribution in [-0.2, 0) is 17.8 Å². The standard InChI is InChI=1S/C20H16FN3O3S/c1-12-17(10-13-6-2-3-7-14(13)21)28-19(22-12)23-18(25)11-24-15-8-4-5-9-16(15)27-20(24)26/h2-9H,10-11H2,1H3,(H,22,23,25).